The molecule has 2 N–H and O–H groups in total. The van der Waals surface area contributed by atoms with Gasteiger partial charge in [-0.25, -0.2) is 0 Å². The zero-order valence-corrected chi connectivity index (χ0v) is 10.1. The SMILES string of the molecule is CCN(CC)CCN[C@H](CO)C(C)C. The molecule has 0 aliphatic carbocycles. The first-order chi connectivity index (χ1) is 6.65. The van der Waals surface area contributed by atoms with Crippen molar-refractivity contribution in [1.82, 2.24) is 10.2 Å². The van der Waals surface area contributed by atoms with Crippen molar-refractivity contribution in [3.63, 3.8) is 0 Å². The molecule has 0 unspecified atom stereocenters. The van der Waals surface area contributed by atoms with Crippen LogP contribution in [0.2, 0.25) is 0 Å². The van der Waals surface area contributed by atoms with E-state index < -0.39 is 0 Å². The smallest absolute Gasteiger partial charge is 0.0587 e. The van der Waals surface area contributed by atoms with Gasteiger partial charge in [-0.1, -0.05) is 27.7 Å². The minimum absolute atomic E-state index is 0.232. The molecule has 0 radical (unpaired) electrons. The van der Waals surface area contributed by atoms with E-state index in [2.05, 4.69) is 37.9 Å². The summed E-state index contributed by atoms with van der Waals surface area (Å²) in [5.74, 6) is 0.497. The Labute approximate surface area is 88.5 Å². The fourth-order valence-electron chi connectivity index (χ4n) is 1.46. The molecule has 0 aromatic rings. The molecule has 0 aromatic heterocycles. The molecule has 14 heavy (non-hydrogen) atoms. The van der Waals surface area contributed by atoms with Gasteiger partial charge in [0.05, 0.1) is 6.61 Å². The average molecular weight is 202 g/mol. The van der Waals surface area contributed by atoms with Crippen LogP contribution in [0.1, 0.15) is 27.7 Å². The van der Waals surface area contributed by atoms with Gasteiger partial charge in [-0.2, -0.15) is 0 Å². The number of nitrogens with one attached hydrogen (secondary N) is 1. The summed E-state index contributed by atoms with van der Waals surface area (Å²) in [6.45, 7) is 13.1. The van der Waals surface area contributed by atoms with Crippen LogP contribution in [0.3, 0.4) is 0 Å². The number of rotatable bonds is 8. The minimum Gasteiger partial charge on any atom is -0.395 e. The average Bonchev–Trinajstić information content (AvgIpc) is 2.18. The van der Waals surface area contributed by atoms with Crippen LogP contribution in [0.5, 0.6) is 0 Å². The first kappa shape index (κ1) is 13.9. The summed E-state index contributed by atoms with van der Waals surface area (Å²) >= 11 is 0. The molecule has 0 rings (SSSR count). The van der Waals surface area contributed by atoms with Gasteiger partial charge in [-0.3, -0.25) is 0 Å². The molecule has 0 heterocycles. The first-order valence-electron chi connectivity index (χ1n) is 5.72. The van der Waals surface area contributed by atoms with Gasteiger partial charge in [0.15, 0.2) is 0 Å². The second-order valence-corrected chi connectivity index (χ2v) is 4.01. The molecule has 0 saturated heterocycles. The zero-order valence-electron chi connectivity index (χ0n) is 10.1. The second-order valence-electron chi connectivity index (χ2n) is 4.01. The highest BCUT2D eigenvalue weighted by Gasteiger charge is 2.10. The minimum atomic E-state index is 0.232. The number of aliphatic hydroxyl groups is 1. The van der Waals surface area contributed by atoms with Crippen molar-refractivity contribution >= 4 is 0 Å². The van der Waals surface area contributed by atoms with E-state index in [4.69, 9.17) is 5.11 Å². The molecule has 3 nitrogen and oxygen atoms in total. The van der Waals surface area contributed by atoms with Gasteiger partial charge in [0, 0.05) is 19.1 Å². The van der Waals surface area contributed by atoms with Gasteiger partial charge in [0.2, 0.25) is 0 Å². The number of aliphatic hydroxyl groups excluding tert-OH is 1. The van der Waals surface area contributed by atoms with Gasteiger partial charge in [0.25, 0.3) is 0 Å². The lowest BCUT2D eigenvalue weighted by Crippen LogP contribution is -2.41. The van der Waals surface area contributed by atoms with E-state index in [0.29, 0.717) is 5.92 Å². The topological polar surface area (TPSA) is 35.5 Å². The standard InChI is InChI=1S/C11H26N2O/c1-5-13(6-2)8-7-12-11(9-14)10(3)4/h10-12,14H,5-9H2,1-4H3/t11-/m1/s1. The van der Waals surface area contributed by atoms with Crippen LogP contribution < -0.4 is 5.32 Å². The van der Waals surface area contributed by atoms with Crippen molar-refractivity contribution in [1.29, 1.82) is 0 Å². The molecular weight excluding hydrogens is 176 g/mol. The molecule has 0 aliphatic rings. The fourth-order valence-corrected chi connectivity index (χ4v) is 1.46. The molecule has 0 saturated carbocycles. The van der Waals surface area contributed by atoms with Gasteiger partial charge in [-0.15, -0.1) is 0 Å². The van der Waals surface area contributed by atoms with Crippen molar-refractivity contribution in [2.45, 2.75) is 33.7 Å². The van der Waals surface area contributed by atoms with E-state index in [1.54, 1.807) is 0 Å². The highest BCUT2D eigenvalue weighted by atomic mass is 16.3. The van der Waals surface area contributed by atoms with E-state index in [9.17, 15) is 0 Å². The molecule has 3 heteroatoms. The van der Waals surface area contributed by atoms with Crippen LogP contribution in [-0.4, -0.2) is 48.8 Å². The molecule has 1 atom stereocenters. The van der Waals surface area contributed by atoms with Crippen molar-refractivity contribution in [3.8, 4) is 0 Å². The van der Waals surface area contributed by atoms with Crippen molar-refractivity contribution in [3.05, 3.63) is 0 Å². The highest BCUT2D eigenvalue weighted by molar-refractivity contribution is 4.69. The van der Waals surface area contributed by atoms with Crippen LogP contribution >= 0.6 is 0 Å². The van der Waals surface area contributed by atoms with Crippen LogP contribution in [0.15, 0.2) is 0 Å². The van der Waals surface area contributed by atoms with Crippen LogP contribution in [0.25, 0.3) is 0 Å². The maximum atomic E-state index is 9.10. The van der Waals surface area contributed by atoms with Crippen LogP contribution in [0.4, 0.5) is 0 Å². The van der Waals surface area contributed by atoms with Gasteiger partial charge in [-0.05, 0) is 19.0 Å². The highest BCUT2D eigenvalue weighted by Crippen LogP contribution is 1.99. The van der Waals surface area contributed by atoms with E-state index >= 15 is 0 Å². The normalized spacial score (nSPS) is 13.9. The lowest BCUT2D eigenvalue weighted by Gasteiger charge is -2.23. The molecule has 0 aromatic carbocycles. The lowest BCUT2D eigenvalue weighted by molar-refractivity contribution is 0.203. The number of nitrogens with zero attached hydrogens (tertiary/aromatic N) is 1. The quantitative estimate of drug-likeness (QED) is 0.615. The summed E-state index contributed by atoms with van der Waals surface area (Å²) in [6, 6.07) is 0.241. The molecule has 86 valence electrons. The Morgan fingerprint density at radius 2 is 1.79 bits per heavy atom. The second kappa shape index (κ2) is 8.21. The van der Waals surface area contributed by atoms with E-state index in [-0.39, 0.29) is 12.6 Å². The molecule has 0 bridgehead atoms. The Hall–Kier alpha value is -0.120. The monoisotopic (exact) mass is 202 g/mol. The molecule has 0 aliphatic heterocycles. The summed E-state index contributed by atoms with van der Waals surface area (Å²) in [7, 11) is 0. The Kier molecular flexibility index (Phi) is 8.14. The Bertz CT molecular complexity index is 124. The zero-order chi connectivity index (χ0) is 11.0. The van der Waals surface area contributed by atoms with Crippen LogP contribution in [0, 0.1) is 5.92 Å². The summed E-state index contributed by atoms with van der Waals surface area (Å²) in [5, 5.41) is 12.5. The third-order valence-electron chi connectivity index (χ3n) is 2.73. The molecular formula is C11H26N2O. The maximum Gasteiger partial charge on any atom is 0.0587 e. The lowest BCUT2D eigenvalue weighted by atomic mass is 10.1. The van der Waals surface area contributed by atoms with E-state index in [0.717, 1.165) is 26.2 Å². The van der Waals surface area contributed by atoms with E-state index in [1.807, 2.05) is 0 Å². The fraction of sp³-hybridized carbons (Fsp3) is 1.00. The Morgan fingerprint density at radius 1 is 1.21 bits per heavy atom. The summed E-state index contributed by atoms with van der Waals surface area (Å²) in [4.78, 5) is 2.38. The third-order valence-corrected chi connectivity index (χ3v) is 2.73. The predicted octanol–water partition coefficient (Wildman–Crippen LogP) is 0.935. The summed E-state index contributed by atoms with van der Waals surface area (Å²) < 4.78 is 0. The molecule has 0 amide bonds. The predicted molar refractivity (Wildman–Crippen MR) is 61.5 cm³/mol. The van der Waals surface area contributed by atoms with Gasteiger partial charge in [0.1, 0.15) is 0 Å². The van der Waals surface area contributed by atoms with Crippen molar-refractivity contribution in [2.75, 3.05) is 32.8 Å². The van der Waals surface area contributed by atoms with Crippen molar-refractivity contribution in [2.24, 2.45) is 5.92 Å². The number of hydrogen-bond acceptors (Lipinski definition) is 3. The Morgan fingerprint density at radius 3 is 2.14 bits per heavy atom. The van der Waals surface area contributed by atoms with Crippen LogP contribution in [-0.2, 0) is 0 Å². The first-order valence-corrected chi connectivity index (χ1v) is 5.72. The third kappa shape index (κ3) is 5.58. The van der Waals surface area contributed by atoms with Gasteiger partial charge >= 0.3 is 0 Å². The molecule has 0 fully saturated rings. The largest absolute Gasteiger partial charge is 0.395 e. The number of hydrogen-bond donors (Lipinski definition) is 2. The van der Waals surface area contributed by atoms with Gasteiger partial charge < -0.3 is 15.3 Å². The van der Waals surface area contributed by atoms with E-state index in [1.165, 1.54) is 0 Å². The number of likely N-dealkylation sites (N-methyl/N-ethyl adjacent to an activating group) is 1. The molecule has 0 spiro atoms. The van der Waals surface area contributed by atoms with Crippen molar-refractivity contribution < 1.29 is 5.11 Å². The summed E-state index contributed by atoms with van der Waals surface area (Å²) in [6.07, 6.45) is 0. The summed E-state index contributed by atoms with van der Waals surface area (Å²) in [5.41, 5.74) is 0. The maximum absolute atomic E-state index is 9.10. The Balaban J connectivity index is 3.59.